The lowest BCUT2D eigenvalue weighted by atomic mass is 10.1. The predicted molar refractivity (Wildman–Crippen MR) is 108 cm³/mol. The Hall–Kier alpha value is -1.56. The molecule has 0 amide bonds. The zero-order chi connectivity index (χ0) is 15.5. The monoisotopic (exact) mass is 453 g/mol. The molecule has 3 aromatic carbocycles. The van der Waals surface area contributed by atoms with Gasteiger partial charge in [0.2, 0.25) is 0 Å². The van der Waals surface area contributed by atoms with Crippen molar-refractivity contribution in [3.63, 3.8) is 0 Å². The molecule has 0 heterocycles. The number of halogens is 3. The Kier molecular flexibility index (Phi) is 6.04. The van der Waals surface area contributed by atoms with E-state index in [9.17, 15) is 0 Å². The van der Waals surface area contributed by atoms with E-state index in [1.165, 1.54) is 0 Å². The number of anilines is 1. The summed E-state index contributed by atoms with van der Waals surface area (Å²) in [7, 11) is 0. The van der Waals surface area contributed by atoms with Crippen LogP contribution in [0.25, 0.3) is 10.8 Å². The average Bonchev–Trinajstić information content (AvgIpc) is 2.51. The Bertz CT molecular complexity index is 860. The van der Waals surface area contributed by atoms with Crippen molar-refractivity contribution in [2.24, 2.45) is 10.7 Å². The highest BCUT2D eigenvalue weighted by atomic mass is 79.9. The van der Waals surface area contributed by atoms with Crippen LogP contribution in [0.2, 0.25) is 0 Å². The van der Waals surface area contributed by atoms with Gasteiger partial charge in [0.1, 0.15) is 0 Å². The van der Waals surface area contributed by atoms with Gasteiger partial charge >= 0.3 is 0 Å². The summed E-state index contributed by atoms with van der Waals surface area (Å²) in [6.45, 7) is 0. The Morgan fingerprint density at radius 1 is 0.957 bits per heavy atom. The van der Waals surface area contributed by atoms with Gasteiger partial charge in [-0.2, -0.15) is 0 Å². The van der Waals surface area contributed by atoms with Gasteiger partial charge in [0.15, 0.2) is 5.96 Å². The predicted octanol–water partition coefficient (Wildman–Crippen LogP) is 5.84. The van der Waals surface area contributed by atoms with E-state index in [0.717, 1.165) is 31.1 Å². The van der Waals surface area contributed by atoms with E-state index in [1.54, 1.807) is 0 Å². The topological polar surface area (TPSA) is 50.4 Å². The summed E-state index contributed by atoms with van der Waals surface area (Å²) in [4.78, 5) is 4.50. The van der Waals surface area contributed by atoms with Gasteiger partial charge in [-0.05, 0) is 45.6 Å². The lowest BCUT2D eigenvalue weighted by Crippen LogP contribution is -2.22. The van der Waals surface area contributed by atoms with Crippen molar-refractivity contribution in [3.05, 3.63) is 69.6 Å². The van der Waals surface area contributed by atoms with Crippen molar-refractivity contribution < 1.29 is 0 Å². The van der Waals surface area contributed by atoms with Crippen LogP contribution in [0.15, 0.2) is 74.6 Å². The second-order valence-corrected chi connectivity index (χ2v) is 6.51. The van der Waals surface area contributed by atoms with Gasteiger partial charge in [-0.15, -0.1) is 12.4 Å². The van der Waals surface area contributed by atoms with Gasteiger partial charge in [0.05, 0.1) is 11.4 Å². The van der Waals surface area contributed by atoms with Crippen LogP contribution in [0.1, 0.15) is 0 Å². The largest absolute Gasteiger partial charge is 0.369 e. The smallest absolute Gasteiger partial charge is 0.198 e. The van der Waals surface area contributed by atoms with Crippen LogP contribution in [0.3, 0.4) is 0 Å². The second kappa shape index (κ2) is 7.81. The van der Waals surface area contributed by atoms with Crippen LogP contribution in [0.5, 0.6) is 0 Å². The molecule has 3 nitrogen and oxygen atoms in total. The maximum absolute atomic E-state index is 6.05. The summed E-state index contributed by atoms with van der Waals surface area (Å²) in [5.74, 6) is 0.343. The van der Waals surface area contributed by atoms with E-state index >= 15 is 0 Å². The normalized spacial score (nSPS) is 11.1. The molecule has 0 saturated heterocycles. The van der Waals surface area contributed by atoms with Crippen molar-refractivity contribution in [1.82, 2.24) is 0 Å². The molecule has 0 aliphatic heterocycles. The third kappa shape index (κ3) is 4.25. The Balaban J connectivity index is 0.00000192. The first-order valence-corrected chi connectivity index (χ1v) is 8.26. The highest BCUT2D eigenvalue weighted by Gasteiger charge is 2.04. The third-order valence-corrected chi connectivity index (χ3v) is 4.38. The molecule has 3 aromatic rings. The van der Waals surface area contributed by atoms with Crippen LogP contribution in [-0.4, -0.2) is 5.96 Å². The number of benzene rings is 3. The lowest BCUT2D eigenvalue weighted by Gasteiger charge is -2.09. The minimum absolute atomic E-state index is 0. The molecule has 0 unspecified atom stereocenters. The molecule has 6 heteroatoms. The van der Waals surface area contributed by atoms with Crippen LogP contribution in [0.4, 0.5) is 11.4 Å². The molecule has 0 aliphatic rings. The number of nitrogens with one attached hydrogen (secondary N) is 1. The summed E-state index contributed by atoms with van der Waals surface area (Å²) in [5.41, 5.74) is 7.75. The molecule has 3 N–H and O–H groups in total. The Morgan fingerprint density at radius 2 is 1.70 bits per heavy atom. The molecular formula is C17H14Br2ClN3. The molecule has 0 atom stereocenters. The van der Waals surface area contributed by atoms with E-state index < -0.39 is 0 Å². The maximum Gasteiger partial charge on any atom is 0.198 e. The first kappa shape index (κ1) is 17.8. The number of hydrogen-bond acceptors (Lipinski definition) is 1. The van der Waals surface area contributed by atoms with Gasteiger partial charge < -0.3 is 11.1 Å². The van der Waals surface area contributed by atoms with Crippen molar-refractivity contribution in [3.8, 4) is 0 Å². The number of hydrogen-bond donors (Lipinski definition) is 2. The van der Waals surface area contributed by atoms with Gasteiger partial charge in [0.25, 0.3) is 0 Å². The van der Waals surface area contributed by atoms with Crippen LogP contribution in [-0.2, 0) is 0 Å². The summed E-state index contributed by atoms with van der Waals surface area (Å²) in [6, 6.07) is 19.9. The van der Waals surface area contributed by atoms with Gasteiger partial charge in [-0.25, -0.2) is 4.99 Å². The van der Waals surface area contributed by atoms with Crippen LogP contribution >= 0.6 is 44.3 Å². The van der Waals surface area contributed by atoms with E-state index in [2.05, 4.69) is 54.3 Å². The molecule has 23 heavy (non-hydrogen) atoms. The molecule has 0 aliphatic carbocycles. The summed E-state index contributed by atoms with van der Waals surface area (Å²) in [6.07, 6.45) is 0. The molecule has 0 aromatic heterocycles. The van der Waals surface area contributed by atoms with Crippen molar-refractivity contribution >= 4 is 72.4 Å². The number of fused-ring (bicyclic) bond motifs is 1. The minimum Gasteiger partial charge on any atom is -0.369 e. The van der Waals surface area contributed by atoms with Gasteiger partial charge in [-0.1, -0.05) is 52.3 Å². The van der Waals surface area contributed by atoms with Gasteiger partial charge in [0, 0.05) is 14.3 Å². The highest BCUT2D eigenvalue weighted by molar-refractivity contribution is 9.11. The second-order valence-electron chi connectivity index (χ2n) is 4.74. The van der Waals surface area contributed by atoms with E-state index in [0.29, 0.717) is 5.96 Å². The summed E-state index contributed by atoms with van der Waals surface area (Å²) >= 11 is 6.93. The number of nitrogens with two attached hydrogens (primary N) is 1. The molecule has 0 radical (unpaired) electrons. The molecule has 0 fully saturated rings. The first-order valence-electron chi connectivity index (χ1n) is 6.67. The van der Waals surface area contributed by atoms with Crippen molar-refractivity contribution in [1.29, 1.82) is 0 Å². The third-order valence-electron chi connectivity index (χ3n) is 3.20. The van der Waals surface area contributed by atoms with Gasteiger partial charge in [-0.3, -0.25) is 0 Å². The summed E-state index contributed by atoms with van der Waals surface area (Å²) < 4.78 is 1.89. The molecular weight excluding hydrogens is 441 g/mol. The van der Waals surface area contributed by atoms with Crippen molar-refractivity contribution in [2.75, 3.05) is 5.32 Å². The zero-order valence-electron chi connectivity index (χ0n) is 12.0. The maximum atomic E-state index is 6.05. The molecule has 3 rings (SSSR count). The fraction of sp³-hybridized carbons (Fsp3) is 0. The molecule has 0 spiro atoms. The number of nitrogens with zero attached hydrogens (tertiary/aromatic N) is 1. The van der Waals surface area contributed by atoms with Crippen LogP contribution in [0, 0.1) is 0 Å². The first-order chi connectivity index (χ1) is 10.6. The number of aliphatic imine (C=N–C) groups is 1. The molecule has 0 saturated carbocycles. The number of guanidine groups is 1. The van der Waals surface area contributed by atoms with E-state index in [1.807, 2.05) is 48.5 Å². The fourth-order valence-electron chi connectivity index (χ4n) is 2.19. The quantitative estimate of drug-likeness (QED) is 0.376. The Labute approximate surface area is 157 Å². The minimum atomic E-state index is 0. The average molecular weight is 456 g/mol. The zero-order valence-corrected chi connectivity index (χ0v) is 16.0. The highest BCUT2D eigenvalue weighted by Crippen LogP contribution is 2.28. The standard InChI is InChI=1S/C17H13Br2N3.ClH/c18-12-8-9-14(19)16(10-12)22-17(20)21-15-7-3-5-11-4-1-2-6-13(11)15;/h1-10H,(H3,20,21,22);1H. The molecule has 0 bridgehead atoms. The van der Waals surface area contributed by atoms with Crippen LogP contribution < -0.4 is 11.1 Å². The fourth-order valence-corrected chi connectivity index (χ4v) is 2.90. The molecule has 118 valence electrons. The summed E-state index contributed by atoms with van der Waals surface area (Å²) in [5, 5.41) is 5.33. The Morgan fingerprint density at radius 3 is 2.52 bits per heavy atom. The number of rotatable bonds is 2. The van der Waals surface area contributed by atoms with E-state index in [-0.39, 0.29) is 12.4 Å². The van der Waals surface area contributed by atoms with E-state index in [4.69, 9.17) is 5.73 Å². The van der Waals surface area contributed by atoms with Crippen molar-refractivity contribution in [2.45, 2.75) is 0 Å². The SMILES string of the molecule is Cl.NC(=Nc1cccc2ccccc12)Nc1cc(Br)ccc1Br. The lowest BCUT2D eigenvalue weighted by molar-refractivity contribution is 1.45.